The Kier molecular flexibility index (Phi) is 8.95. The zero-order chi connectivity index (χ0) is 30.9. The number of carboxylic acid groups (broad SMARTS) is 2. The van der Waals surface area contributed by atoms with Gasteiger partial charge in [-0.15, -0.1) is 23.5 Å². The molecule has 0 aromatic carbocycles. The van der Waals surface area contributed by atoms with E-state index in [1.165, 1.54) is 37.4 Å². The largest absolute Gasteiger partial charge is 0.477 e. The van der Waals surface area contributed by atoms with E-state index in [1.807, 2.05) is 0 Å². The number of carbonyl (C=O) groups excluding carboxylic acids is 6. The van der Waals surface area contributed by atoms with Crippen molar-refractivity contribution in [1.82, 2.24) is 20.4 Å². The van der Waals surface area contributed by atoms with Crippen molar-refractivity contribution < 1.29 is 58.0 Å². The van der Waals surface area contributed by atoms with Crippen LogP contribution < -0.4 is 10.6 Å². The quantitative estimate of drug-likeness (QED) is 0.119. The van der Waals surface area contributed by atoms with Gasteiger partial charge in [-0.25, -0.2) is 9.59 Å². The zero-order valence-corrected chi connectivity index (χ0v) is 23.6. The molecule has 0 bridgehead atoms. The van der Waals surface area contributed by atoms with Crippen LogP contribution in [0.15, 0.2) is 34.7 Å². The van der Waals surface area contributed by atoms with Gasteiger partial charge < -0.3 is 30.3 Å². The van der Waals surface area contributed by atoms with Crippen LogP contribution in [-0.2, 0) is 47.8 Å². The molecule has 18 heteroatoms. The molecule has 4 aliphatic rings. The van der Waals surface area contributed by atoms with E-state index in [4.69, 9.17) is 9.47 Å². The van der Waals surface area contributed by atoms with Gasteiger partial charge >= 0.3 is 23.9 Å². The number of hydrogen-bond acceptors (Lipinski definition) is 12. The third-order valence-corrected chi connectivity index (χ3v) is 9.06. The molecule has 0 unspecified atom stereocenters. The van der Waals surface area contributed by atoms with Gasteiger partial charge in [0.25, 0.3) is 11.8 Å². The number of nitrogens with one attached hydrogen (secondary N) is 2. The van der Waals surface area contributed by atoms with Gasteiger partial charge in [0.15, 0.2) is 0 Å². The molecule has 2 saturated heterocycles. The first-order valence-corrected chi connectivity index (χ1v) is 14.3. The van der Waals surface area contributed by atoms with Crippen LogP contribution in [0.5, 0.6) is 0 Å². The summed E-state index contributed by atoms with van der Waals surface area (Å²) >= 11 is 2.34. The molecule has 0 aliphatic carbocycles. The minimum Gasteiger partial charge on any atom is -0.477 e. The number of hydrogen-bond donors (Lipinski definition) is 4. The number of rotatable bonds is 10. The van der Waals surface area contributed by atoms with Crippen molar-refractivity contribution >= 4 is 71.0 Å². The van der Waals surface area contributed by atoms with Crippen molar-refractivity contribution in [3.63, 3.8) is 0 Å². The highest BCUT2D eigenvalue weighted by Gasteiger charge is 2.55. The Morgan fingerprint density at radius 1 is 0.762 bits per heavy atom. The Morgan fingerprint density at radius 3 is 1.43 bits per heavy atom. The number of carboxylic acids is 2. The average Bonchev–Trinajstić information content (AvgIpc) is 2.93. The number of amides is 4. The molecule has 224 valence electrons. The van der Waals surface area contributed by atoms with Crippen molar-refractivity contribution in [3.05, 3.63) is 34.7 Å². The molecule has 4 atom stereocenters. The number of esters is 2. The van der Waals surface area contributed by atoms with Crippen LogP contribution in [0.25, 0.3) is 0 Å². The Balaban J connectivity index is 1.32. The summed E-state index contributed by atoms with van der Waals surface area (Å²) in [5.74, 6) is -6.74. The van der Waals surface area contributed by atoms with E-state index in [-0.39, 0.29) is 47.3 Å². The van der Waals surface area contributed by atoms with Crippen LogP contribution in [0.3, 0.4) is 0 Å². The summed E-state index contributed by atoms with van der Waals surface area (Å²) in [5, 5.41) is 22.6. The lowest BCUT2D eigenvalue weighted by atomic mass is 10.0. The highest BCUT2D eigenvalue weighted by molar-refractivity contribution is 8.00. The van der Waals surface area contributed by atoms with Crippen LogP contribution >= 0.6 is 23.5 Å². The van der Waals surface area contributed by atoms with E-state index in [0.29, 0.717) is 0 Å². The maximum Gasteiger partial charge on any atom is 0.352 e. The van der Waals surface area contributed by atoms with Crippen molar-refractivity contribution in [1.29, 1.82) is 0 Å². The minimum absolute atomic E-state index is 0.142. The predicted octanol–water partition coefficient (Wildman–Crippen LogP) is -1.85. The summed E-state index contributed by atoms with van der Waals surface area (Å²) in [7, 11) is 0. The second-order valence-electron chi connectivity index (χ2n) is 9.20. The zero-order valence-electron chi connectivity index (χ0n) is 22.0. The molecule has 4 aliphatic heterocycles. The Labute approximate surface area is 245 Å². The van der Waals surface area contributed by atoms with Crippen molar-refractivity contribution in [2.45, 2.75) is 36.7 Å². The standard InChI is InChI=1S/C24H24N4O12S2/c1-9(29)39-5-11-7-41-21-15(19(33)27(21)17(11)23(35)36)25-13(31)3-4-14(32)26-16-20(34)28-18(24(37)38)12(6-40-10(2)30)8-42-22(16)28/h3-4,15-16,21-22H,5-8H2,1-2H3,(H,25,31)(H,26,32)(H,35,36)(H,37,38)/b4-3+/t15-,16-,21-,22-/m1/s1. The van der Waals surface area contributed by atoms with E-state index < -0.39 is 70.3 Å². The first kappa shape index (κ1) is 30.6. The van der Waals surface area contributed by atoms with E-state index in [2.05, 4.69) is 10.6 Å². The smallest absolute Gasteiger partial charge is 0.352 e. The van der Waals surface area contributed by atoms with E-state index in [1.54, 1.807) is 0 Å². The maximum absolute atomic E-state index is 12.7. The van der Waals surface area contributed by atoms with Crippen LogP contribution in [0, 0.1) is 0 Å². The summed E-state index contributed by atoms with van der Waals surface area (Å²) in [4.78, 5) is 98.0. The summed E-state index contributed by atoms with van der Waals surface area (Å²) in [5.41, 5.74) is -0.157. The molecule has 4 amide bonds. The van der Waals surface area contributed by atoms with Crippen molar-refractivity contribution in [3.8, 4) is 0 Å². The van der Waals surface area contributed by atoms with Gasteiger partial charge in [0.1, 0.15) is 47.4 Å². The second kappa shape index (κ2) is 12.3. The van der Waals surface area contributed by atoms with Crippen LogP contribution in [0.2, 0.25) is 0 Å². The Hall–Kier alpha value is -4.32. The van der Waals surface area contributed by atoms with E-state index in [9.17, 15) is 48.6 Å². The maximum atomic E-state index is 12.7. The molecule has 4 heterocycles. The molecule has 0 spiro atoms. The number of carbonyl (C=O) groups is 8. The predicted molar refractivity (Wildman–Crippen MR) is 142 cm³/mol. The molecule has 4 rings (SSSR count). The lowest BCUT2D eigenvalue weighted by Gasteiger charge is -2.49. The molecule has 0 aromatic heterocycles. The van der Waals surface area contributed by atoms with Crippen molar-refractivity contribution in [2.24, 2.45) is 0 Å². The topological polar surface area (TPSA) is 226 Å². The molecular weight excluding hydrogens is 600 g/mol. The first-order chi connectivity index (χ1) is 19.8. The Bertz CT molecular complexity index is 1290. The highest BCUT2D eigenvalue weighted by Crippen LogP contribution is 2.41. The number of nitrogens with zero attached hydrogens (tertiary/aromatic N) is 2. The monoisotopic (exact) mass is 624 g/mol. The number of β-lactam (4-membered cyclic amide) rings is 2. The van der Waals surface area contributed by atoms with Crippen LogP contribution in [-0.4, -0.2) is 115 Å². The molecule has 0 aromatic rings. The SMILES string of the molecule is CC(=O)OCC1=C(C(=O)O)N2C(=O)[C@@H](NC(=O)/C=C/C(=O)N[C@@H]3C(=O)N4C(C(=O)O)=C(COC(C)=O)CS[C@H]34)[C@H]2SC1. The van der Waals surface area contributed by atoms with Gasteiger partial charge in [-0.3, -0.25) is 38.6 Å². The van der Waals surface area contributed by atoms with Crippen LogP contribution in [0.4, 0.5) is 0 Å². The summed E-state index contributed by atoms with van der Waals surface area (Å²) in [6, 6.07) is -2.13. The molecule has 42 heavy (non-hydrogen) atoms. The van der Waals surface area contributed by atoms with Gasteiger partial charge in [-0.2, -0.15) is 0 Å². The normalized spacial score (nSPS) is 24.7. The number of aliphatic carboxylic acids is 2. The Morgan fingerprint density at radius 2 is 1.12 bits per heavy atom. The van der Waals surface area contributed by atoms with Gasteiger partial charge in [0.2, 0.25) is 11.8 Å². The number of ether oxygens (including phenoxy) is 2. The van der Waals surface area contributed by atoms with Crippen LogP contribution in [0.1, 0.15) is 13.8 Å². The fraction of sp³-hybridized carbons (Fsp3) is 0.417. The molecule has 2 fully saturated rings. The molecule has 16 nitrogen and oxygen atoms in total. The van der Waals surface area contributed by atoms with Crippen molar-refractivity contribution in [2.75, 3.05) is 24.7 Å². The summed E-state index contributed by atoms with van der Waals surface area (Å²) in [6.45, 7) is 1.75. The summed E-state index contributed by atoms with van der Waals surface area (Å²) < 4.78 is 9.73. The number of thioether (sulfide) groups is 2. The minimum atomic E-state index is -1.39. The van der Waals surface area contributed by atoms with E-state index >= 15 is 0 Å². The highest BCUT2D eigenvalue weighted by atomic mass is 32.2. The lowest BCUT2D eigenvalue weighted by Crippen LogP contribution is -2.70. The third-order valence-electron chi connectivity index (χ3n) is 6.38. The van der Waals surface area contributed by atoms with Gasteiger partial charge in [-0.1, -0.05) is 0 Å². The second-order valence-corrected chi connectivity index (χ2v) is 11.4. The van der Waals surface area contributed by atoms with Gasteiger partial charge in [0.05, 0.1) is 0 Å². The summed E-state index contributed by atoms with van der Waals surface area (Å²) in [6.07, 6.45) is 1.68. The average molecular weight is 625 g/mol. The number of fused-ring (bicyclic) bond motifs is 2. The third kappa shape index (κ3) is 5.98. The lowest BCUT2D eigenvalue weighted by molar-refractivity contribution is -0.150. The van der Waals surface area contributed by atoms with E-state index in [0.717, 1.165) is 22.0 Å². The molecule has 4 N–H and O–H groups in total. The fourth-order valence-corrected chi connectivity index (χ4v) is 7.17. The molecule has 0 saturated carbocycles. The molecular formula is C24H24N4O12S2. The van der Waals surface area contributed by atoms with Gasteiger partial charge in [0, 0.05) is 48.7 Å². The van der Waals surface area contributed by atoms with Gasteiger partial charge in [-0.05, 0) is 0 Å². The first-order valence-electron chi connectivity index (χ1n) is 12.2. The molecule has 0 radical (unpaired) electrons. The fourth-order valence-electron chi connectivity index (χ4n) is 4.52.